The minimum atomic E-state index is -0.223. The molecule has 0 aliphatic carbocycles. The number of amides is 2. The van der Waals surface area contributed by atoms with Gasteiger partial charge in [0.05, 0.1) is 10.4 Å². The third-order valence-corrected chi connectivity index (χ3v) is 6.47. The molecule has 0 saturated carbocycles. The maximum absolute atomic E-state index is 13.0. The van der Waals surface area contributed by atoms with Gasteiger partial charge < -0.3 is 21.7 Å². The molecule has 4 heterocycles. The van der Waals surface area contributed by atoms with Crippen molar-refractivity contribution in [2.45, 2.75) is 19.0 Å². The van der Waals surface area contributed by atoms with Gasteiger partial charge in [0.1, 0.15) is 0 Å². The third kappa shape index (κ3) is 4.57. The molecule has 10 heteroatoms. The van der Waals surface area contributed by atoms with E-state index in [1.807, 2.05) is 41.8 Å². The highest BCUT2D eigenvalue weighted by atomic mass is 32.1. The van der Waals surface area contributed by atoms with Crippen LogP contribution < -0.4 is 21.7 Å². The first-order valence-electron chi connectivity index (χ1n) is 10.7. The van der Waals surface area contributed by atoms with Gasteiger partial charge in [-0.05, 0) is 41.6 Å². The zero-order chi connectivity index (χ0) is 22.8. The lowest BCUT2D eigenvalue weighted by molar-refractivity contribution is 0.0937. The fraction of sp³-hybridized carbons (Fsp3) is 0.217. The summed E-state index contributed by atoms with van der Waals surface area (Å²) in [6.45, 7) is 2.07. The molecule has 2 amide bonds. The number of thiophene rings is 1. The number of aromatic nitrogens is 3. The minimum absolute atomic E-state index is 0.0718. The molecule has 1 aliphatic heterocycles. The number of rotatable bonds is 6. The predicted octanol–water partition coefficient (Wildman–Crippen LogP) is 2.06. The zero-order valence-electron chi connectivity index (χ0n) is 17.7. The Balaban J connectivity index is 1.40. The molecule has 0 bridgehead atoms. The van der Waals surface area contributed by atoms with Crippen molar-refractivity contribution in [3.8, 4) is 11.1 Å². The van der Waals surface area contributed by atoms with Gasteiger partial charge in [0, 0.05) is 30.9 Å². The highest BCUT2D eigenvalue weighted by Crippen LogP contribution is 2.28. The van der Waals surface area contributed by atoms with Gasteiger partial charge in [0.15, 0.2) is 5.65 Å². The Hall–Kier alpha value is -3.76. The Morgan fingerprint density at radius 2 is 2.03 bits per heavy atom. The fourth-order valence-electron chi connectivity index (χ4n) is 3.84. The maximum atomic E-state index is 13.0. The number of hydrogen-bond donors (Lipinski definition) is 4. The number of nitrogens with two attached hydrogens (primary N) is 1. The number of nitrogens with zero attached hydrogens (tertiary/aromatic N) is 3. The Bertz CT molecular complexity index is 1310. The molecular weight excluding hydrogens is 438 g/mol. The van der Waals surface area contributed by atoms with Crippen LogP contribution in [0.2, 0.25) is 0 Å². The molecule has 1 aliphatic rings. The molecule has 5 rings (SSSR count). The molecule has 9 nitrogen and oxygen atoms in total. The Labute approximate surface area is 194 Å². The zero-order valence-corrected chi connectivity index (χ0v) is 18.6. The number of benzene rings is 1. The van der Waals surface area contributed by atoms with Crippen LogP contribution in [0.5, 0.6) is 0 Å². The van der Waals surface area contributed by atoms with Gasteiger partial charge in [0.2, 0.25) is 5.95 Å². The molecule has 168 valence electrons. The van der Waals surface area contributed by atoms with E-state index < -0.39 is 0 Å². The van der Waals surface area contributed by atoms with Crippen LogP contribution in [0.15, 0.2) is 54.0 Å². The molecule has 3 aromatic heterocycles. The Morgan fingerprint density at radius 3 is 2.82 bits per heavy atom. The number of carbonyl (C=O) groups excluding carboxylic acids is 2. The monoisotopic (exact) mass is 461 g/mol. The second-order valence-electron chi connectivity index (χ2n) is 7.91. The topological polar surface area (TPSA) is 126 Å². The van der Waals surface area contributed by atoms with Crippen molar-refractivity contribution in [1.29, 1.82) is 0 Å². The van der Waals surface area contributed by atoms with Gasteiger partial charge in [-0.1, -0.05) is 30.3 Å². The van der Waals surface area contributed by atoms with Crippen LogP contribution in [0.3, 0.4) is 0 Å². The highest BCUT2D eigenvalue weighted by Gasteiger charge is 2.22. The average Bonchev–Trinajstić information content (AvgIpc) is 3.57. The Morgan fingerprint density at radius 1 is 1.18 bits per heavy atom. The van der Waals surface area contributed by atoms with Crippen molar-refractivity contribution in [2.24, 2.45) is 0 Å². The molecule has 33 heavy (non-hydrogen) atoms. The van der Waals surface area contributed by atoms with Crippen molar-refractivity contribution in [1.82, 2.24) is 30.5 Å². The number of anilines is 1. The lowest BCUT2D eigenvalue weighted by atomic mass is 10.1. The van der Waals surface area contributed by atoms with Crippen LogP contribution in [0, 0.1) is 0 Å². The molecule has 4 aromatic rings. The summed E-state index contributed by atoms with van der Waals surface area (Å²) in [6.07, 6.45) is 2.64. The molecule has 1 fully saturated rings. The number of fused-ring (bicyclic) bond motifs is 1. The van der Waals surface area contributed by atoms with Crippen molar-refractivity contribution in [3.05, 3.63) is 70.0 Å². The van der Waals surface area contributed by atoms with E-state index in [0.29, 0.717) is 22.6 Å². The summed E-state index contributed by atoms with van der Waals surface area (Å²) in [5.41, 5.74) is 9.19. The van der Waals surface area contributed by atoms with Crippen LogP contribution in [-0.2, 0) is 6.54 Å². The summed E-state index contributed by atoms with van der Waals surface area (Å²) >= 11 is 1.35. The van der Waals surface area contributed by atoms with Crippen molar-refractivity contribution in [3.63, 3.8) is 0 Å². The maximum Gasteiger partial charge on any atom is 0.261 e. The molecule has 5 N–H and O–H groups in total. The van der Waals surface area contributed by atoms with E-state index in [0.717, 1.165) is 36.2 Å². The van der Waals surface area contributed by atoms with Gasteiger partial charge >= 0.3 is 0 Å². The number of carbonyl (C=O) groups is 2. The van der Waals surface area contributed by atoms with E-state index in [2.05, 4.69) is 26.0 Å². The lowest BCUT2D eigenvalue weighted by Crippen LogP contribution is -2.36. The van der Waals surface area contributed by atoms with Gasteiger partial charge in [-0.3, -0.25) is 9.59 Å². The number of hydrogen-bond acceptors (Lipinski definition) is 7. The molecule has 1 atom stereocenters. The van der Waals surface area contributed by atoms with Gasteiger partial charge in [0.25, 0.3) is 11.8 Å². The van der Waals surface area contributed by atoms with E-state index in [-0.39, 0.29) is 23.8 Å². The van der Waals surface area contributed by atoms with E-state index in [9.17, 15) is 9.59 Å². The summed E-state index contributed by atoms with van der Waals surface area (Å²) in [7, 11) is 0. The van der Waals surface area contributed by atoms with Crippen molar-refractivity contribution >= 4 is 34.7 Å². The summed E-state index contributed by atoms with van der Waals surface area (Å²) in [5.74, 6) is -0.276. The SMILES string of the molecule is Nc1nc2c(C(=O)NC3CCNC3)cc(-c3csc(C(=O)NCc4ccccc4)c3)cn2n1. The molecule has 1 unspecified atom stereocenters. The van der Waals surface area contributed by atoms with E-state index >= 15 is 0 Å². The first-order chi connectivity index (χ1) is 16.1. The average molecular weight is 462 g/mol. The number of pyridine rings is 1. The van der Waals surface area contributed by atoms with Crippen molar-refractivity contribution < 1.29 is 9.59 Å². The smallest absolute Gasteiger partial charge is 0.261 e. The first kappa shape index (κ1) is 21.1. The van der Waals surface area contributed by atoms with E-state index in [1.54, 1.807) is 12.3 Å². The largest absolute Gasteiger partial charge is 0.366 e. The molecule has 0 radical (unpaired) electrons. The van der Waals surface area contributed by atoms with Crippen LogP contribution in [0.4, 0.5) is 5.95 Å². The summed E-state index contributed by atoms with van der Waals surface area (Å²) in [6, 6.07) is 13.4. The Kier molecular flexibility index (Phi) is 5.76. The van der Waals surface area contributed by atoms with E-state index in [1.165, 1.54) is 15.9 Å². The molecule has 1 aromatic carbocycles. The third-order valence-electron chi connectivity index (χ3n) is 5.54. The standard InChI is InChI=1S/C23H23N7O2S/c24-23-28-20-18(21(31)27-17-6-7-25-11-17)8-15(12-30(20)29-23)16-9-19(33-13-16)22(32)26-10-14-4-2-1-3-5-14/h1-5,8-9,12-13,17,25H,6-7,10-11H2,(H2,24,29)(H,26,32)(H,27,31). The normalized spacial score (nSPS) is 15.6. The molecule has 0 spiro atoms. The summed E-state index contributed by atoms with van der Waals surface area (Å²) < 4.78 is 1.51. The van der Waals surface area contributed by atoms with Crippen LogP contribution in [0.1, 0.15) is 32.0 Å². The molecular formula is C23H23N7O2S. The van der Waals surface area contributed by atoms with Crippen LogP contribution in [0.25, 0.3) is 16.8 Å². The van der Waals surface area contributed by atoms with Crippen molar-refractivity contribution in [2.75, 3.05) is 18.8 Å². The fourth-order valence-corrected chi connectivity index (χ4v) is 4.67. The van der Waals surface area contributed by atoms with Gasteiger partial charge in [-0.2, -0.15) is 4.98 Å². The lowest BCUT2D eigenvalue weighted by Gasteiger charge is -2.12. The van der Waals surface area contributed by atoms with E-state index in [4.69, 9.17) is 5.73 Å². The summed E-state index contributed by atoms with van der Waals surface area (Å²) in [5, 5.41) is 15.3. The van der Waals surface area contributed by atoms with Gasteiger partial charge in [-0.25, -0.2) is 4.52 Å². The summed E-state index contributed by atoms with van der Waals surface area (Å²) in [4.78, 5) is 30.5. The number of nitrogens with one attached hydrogen (secondary N) is 3. The minimum Gasteiger partial charge on any atom is -0.366 e. The van der Waals surface area contributed by atoms with Crippen LogP contribution in [-0.4, -0.2) is 45.5 Å². The highest BCUT2D eigenvalue weighted by molar-refractivity contribution is 7.12. The second kappa shape index (κ2) is 9.00. The molecule has 1 saturated heterocycles. The first-order valence-corrected chi connectivity index (χ1v) is 11.5. The quantitative estimate of drug-likeness (QED) is 0.348. The van der Waals surface area contributed by atoms with Crippen LogP contribution >= 0.6 is 11.3 Å². The predicted molar refractivity (Wildman–Crippen MR) is 127 cm³/mol. The number of nitrogen functional groups attached to an aromatic ring is 1. The second-order valence-corrected chi connectivity index (χ2v) is 8.82. The van der Waals surface area contributed by atoms with Gasteiger partial charge in [-0.15, -0.1) is 16.4 Å².